The zero-order chi connectivity index (χ0) is 7.56. The van der Waals surface area contributed by atoms with Gasteiger partial charge in [-0.3, -0.25) is 4.90 Å². The van der Waals surface area contributed by atoms with Crippen LogP contribution in [-0.4, -0.2) is 35.2 Å². The molecular formula is C8H17NO. The lowest BCUT2D eigenvalue weighted by Gasteiger charge is -2.21. The normalized spacial score (nSPS) is 30.9. The summed E-state index contributed by atoms with van der Waals surface area (Å²) in [6.45, 7) is 6.10. The second kappa shape index (κ2) is 3.35. The fourth-order valence-electron chi connectivity index (χ4n) is 1.60. The van der Waals surface area contributed by atoms with Crippen molar-refractivity contribution in [1.82, 2.24) is 4.90 Å². The third-order valence-corrected chi connectivity index (χ3v) is 2.19. The van der Waals surface area contributed by atoms with Crippen LogP contribution in [0.5, 0.6) is 0 Å². The summed E-state index contributed by atoms with van der Waals surface area (Å²) in [6, 6.07) is 0.689. The van der Waals surface area contributed by atoms with Gasteiger partial charge in [-0.1, -0.05) is 0 Å². The van der Waals surface area contributed by atoms with Gasteiger partial charge in [-0.05, 0) is 33.2 Å². The standard InChI is InChI=1S/C8H17NO/c1-7-4-3-5-9(7)6-8(2)10/h7-8,10H,3-6H2,1-2H3/t7?,8-/m0/s1. The maximum atomic E-state index is 9.09. The Labute approximate surface area is 62.8 Å². The van der Waals surface area contributed by atoms with Crippen LogP contribution < -0.4 is 0 Å². The monoisotopic (exact) mass is 143 g/mol. The van der Waals surface area contributed by atoms with Crippen LogP contribution in [0.4, 0.5) is 0 Å². The first-order valence-electron chi connectivity index (χ1n) is 4.12. The average molecular weight is 143 g/mol. The zero-order valence-electron chi connectivity index (χ0n) is 6.88. The summed E-state index contributed by atoms with van der Waals surface area (Å²) >= 11 is 0. The Morgan fingerprint density at radius 1 is 1.70 bits per heavy atom. The topological polar surface area (TPSA) is 23.5 Å². The van der Waals surface area contributed by atoms with Crippen molar-refractivity contribution in [2.45, 2.75) is 38.8 Å². The molecule has 0 aromatic heterocycles. The molecule has 1 aliphatic rings. The molecule has 0 bridgehead atoms. The van der Waals surface area contributed by atoms with Gasteiger partial charge in [0.1, 0.15) is 0 Å². The van der Waals surface area contributed by atoms with Crippen LogP contribution in [0.2, 0.25) is 0 Å². The molecule has 1 heterocycles. The van der Waals surface area contributed by atoms with Gasteiger partial charge in [0.25, 0.3) is 0 Å². The molecule has 1 fully saturated rings. The van der Waals surface area contributed by atoms with Gasteiger partial charge in [-0.15, -0.1) is 0 Å². The van der Waals surface area contributed by atoms with E-state index in [0.29, 0.717) is 6.04 Å². The van der Waals surface area contributed by atoms with E-state index < -0.39 is 0 Å². The molecule has 0 radical (unpaired) electrons. The summed E-state index contributed by atoms with van der Waals surface area (Å²) in [5.41, 5.74) is 0. The van der Waals surface area contributed by atoms with Crippen molar-refractivity contribution in [2.24, 2.45) is 0 Å². The van der Waals surface area contributed by atoms with Crippen molar-refractivity contribution < 1.29 is 5.11 Å². The summed E-state index contributed by atoms with van der Waals surface area (Å²) in [7, 11) is 0. The average Bonchev–Trinajstić information content (AvgIpc) is 2.15. The number of hydrogen-bond donors (Lipinski definition) is 1. The molecule has 0 aromatic carbocycles. The van der Waals surface area contributed by atoms with Crippen LogP contribution in [0.25, 0.3) is 0 Å². The number of hydrogen-bond acceptors (Lipinski definition) is 2. The second-order valence-corrected chi connectivity index (χ2v) is 3.34. The Morgan fingerprint density at radius 2 is 2.40 bits per heavy atom. The molecule has 1 rings (SSSR count). The molecule has 10 heavy (non-hydrogen) atoms. The minimum absolute atomic E-state index is 0.166. The fourth-order valence-corrected chi connectivity index (χ4v) is 1.60. The van der Waals surface area contributed by atoms with Gasteiger partial charge in [-0.2, -0.15) is 0 Å². The summed E-state index contributed by atoms with van der Waals surface area (Å²) < 4.78 is 0. The number of aliphatic hydroxyl groups excluding tert-OH is 1. The molecule has 1 N–H and O–H groups in total. The predicted molar refractivity (Wildman–Crippen MR) is 41.9 cm³/mol. The van der Waals surface area contributed by atoms with Gasteiger partial charge < -0.3 is 5.11 Å². The summed E-state index contributed by atoms with van der Waals surface area (Å²) in [5.74, 6) is 0. The zero-order valence-corrected chi connectivity index (χ0v) is 6.88. The number of rotatable bonds is 2. The van der Waals surface area contributed by atoms with E-state index in [1.807, 2.05) is 6.92 Å². The lowest BCUT2D eigenvalue weighted by molar-refractivity contribution is 0.123. The summed E-state index contributed by atoms with van der Waals surface area (Å²) in [6.07, 6.45) is 2.43. The lowest BCUT2D eigenvalue weighted by Crippen LogP contribution is -2.33. The molecule has 2 atom stereocenters. The molecule has 0 aliphatic carbocycles. The number of likely N-dealkylation sites (tertiary alicyclic amines) is 1. The predicted octanol–water partition coefficient (Wildman–Crippen LogP) is 0.851. The van der Waals surface area contributed by atoms with Gasteiger partial charge in [-0.25, -0.2) is 0 Å². The Balaban J connectivity index is 2.26. The van der Waals surface area contributed by atoms with Crippen molar-refractivity contribution >= 4 is 0 Å². The van der Waals surface area contributed by atoms with Crippen LogP contribution in [-0.2, 0) is 0 Å². The number of aliphatic hydroxyl groups is 1. The van der Waals surface area contributed by atoms with Gasteiger partial charge in [0.15, 0.2) is 0 Å². The molecule has 1 aliphatic heterocycles. The van der Waals surface area contributed by atoms with Crippen LogP contribution in [0.3, 0.4) is 0 Å². The first-order chi connectivity index (χ1) is 4.70. The molecular weight excluding hydrogens is 126 g/mol. The van der Waals surface area contributed by atoms with Gasteiger partial charge >= 0.3 is 0 Å². The molecule has 1 unspecified atom stereocenters. The van der Waals surface area contributed by atoms with Crippen molar-refractivity contribution in [1.29, 1.82) is 0 Å². The minimum Gasteiger partial charge on any atom is -0.392 e. The Bertz CT molecular complexity index is 103. The molecule has 0 spiro atoms. The third kappa shape index (κ3) is 1.96. The highest BCUT2D eigenvalue weighted by atomic mass is 16.3. The molecule has 0 aromatic rings. The van der Waals surface area contributed by atoms with E-state index in [2.05, 4.69) is 11.8 Å². The molecule has 0 saturated carbocycles. The van der Waals surface area contributed by atoms with E-state index in [1.165, 1.54) is 19.4 Å². The maximum Gasteiger partial charge on any atom is 0.0639 e. The number of β-amino-alcohol motifs (C(OH)–C–C–N with tert-alkyl or cyclic N) is 1. The van der Waals surface area contributed by atoms with E-state index in [1.54, 1.807) is 0 Å². The van der Waals surface area contributed by atoms with E-state index >= 15 is 0 Å². The molecule has 0 amide bonds. The highest BCUT2D eigenvalue weighted by molar-refractivity contribution is 4.75. The summed E-state index contributed by atoms with van der Waals surface area (Å²) in [4.78, 5) is 2.35. The van der Waals surface area contributed by atoms with E-state index in [0.717, 1.165) is 6.54 Å². The molecule has 1 saturated heterocycles. The van der Waals surface area contributed by atoms with Crippen LogP contribution >= 0.6 is 0 Å². The van der Waals surface area contributed by atoms with Crippen molar-refractivity contribution in [3.63, 3.8) is 0 Å². The lowest BCUT2D eigenvalue weighted by atomic mass is 10.2. The Morgan fingerprint density at radius 3 is 2.80 bits per heavy atom. The fraction of sp³-hybridized carbons (Fsp3) is 1.00. The number of nitrogens with zero attached hydrogens (tertiary/aromatic N) is 1. The van der Waals surface area contributed by atoms with Crippen LogP contribution in [0, 0.1) is 0 Å². The largest absolute Gasteiger partial charge is 0.392 e. The van der Waals surface area contributed by atoms with Gasteiger partial charge in [0.05, 0.1) is 6.10 Å². The second-order valence-electron chi connectivity index (χ2n) is 3.34. The highest BCUT2D eigenvalue weighted by Gasteiger charge is 2.20. The van der Waals surface area contributed by atoms with Crippen molar-refractivity contribution in [3.05, 3.63) is 0 Å². The van der Waals surface area contributed by atoms with Gasteiger partial charge in [0, 0.05) is 12.6 Å². The van der Waals surface area contributed by atoms with Crippen molar-refractivity contribution in [2.75, 3.05) is 13.1 Å². The first kappa shape index (κ1) is 8.02. The van der Waals surface area contributed by atoms with E-state index in [9.17, 15) is 0 Å². The minimum atomic E-state index is -0.166. The maximum absolute atomic E-state index is 9.09. The molecule has 2 nitrogen and oxygen atoms in total. The Hall–Kier alpha value is -0.0800. The summed E-state index contributed by atoms with van der Waals surface area (Å²) in [5, 5.41) is 9.09. The molecule has 2 heteroatoms. The van der Waals surface area contributed by atoms with Crippen LogP contribution in [0.15, 0.2) is 0 Å². The highest BCUT2D eigenvalue weighted by Crippen LogP contribution is 2.15. The van der Waals surface area contributed by atoms with Gasteiger partial charge in [0.2, 0.25) is 0 Å². The van der Waals surface area contributed by atoms with E-state index in [-0.39, 0.29) is 6.10 Å². The Kier molecular flexibility index (Phi) is 2.69. The molecule has 60 valence electrons. The third-order valence-electron chi connectivity index (χ3n) is 2.19. The SMILES string of the molecule is CC1CCCN1C[C@H](C)O. The smallest absolute Gasteiger partial charge is 0.0639 e. The van der Waals surface area contributed by atoms with Crippen molar-refractivity contribution in [3.8, 4) is 0 Å². The first-order valence-corrected chi connectivity index (χ1v) is 4.12. The van der Waals surface area contributed by atoms with Crippen LogP contribution in [0.1, 0.15) is 26.7 Å². The quantitative estimate of drug-likeness (QED) is 0.619. The van der Waals surface area contributed by atoms with E-state index in [4.69, 9.17) is 5.11 Å².